The van der Waals surface area contributed by atoms with Gasteiger partial charge in [0.05, 0.1) is 6.61 Å². The van der Waals surface area contributed by atoms with E-state index in [9.17, 15) is 0 Å². The maximum absolute atomic E-state index is 6.01. The van der Waals surface area contributed by atoms with Crippen LogP contribution in [0.3, 0.4) is 0 Å². The SMILES string of the molecule is Clc1ccc2c(c1)C(NC1CC1)CCO2. The van der Waals surface area contributed by atoms with E-state index in [1.807, 2.05) is 18.2 Å². The zero-order chi connectivity index (χ0) is 10.3. The van der Waals surface area contributed by atoms with Crippen molar-refractivity contribution in [3.05, 3.63) is 28.8 Å². The molecule has 0 spiro atoms. The minimum Gasteiger partial charge on any atom is -0.493 e. The highest BCUT2D eigenvalue weighted by molar-refractivity contribution is 6.30. The van der Waals surface area contributed by atoms with Gasteiger partial charge in [-0.2, -0.15) is 0 Å². The molecule has 1 aromatic rings. The van der Waals surface area contributed by atoms with Crippen LogP contribution in [0.5, 0.6) is 5.75 Å². The molecule has 0 saturated heterocycles. The summed E-state index contributed by atoms with van der Waals surface area (Å²) in [6, 6.07) is 7.04. The maximum Gasteiger partial charge on any atom is 0.124 e. The van der Waals surface area contributed by atoms with Gasteiger partial charge in [-0.05, 0) is 31.0 Å². The highest BCUT2D eigenvalue weighted by atomic mass is 35.5. The fourth-order valence-electron chi connectivity index (χ4n) is 2.07. The van der Waals surface area contributed by atoms with E-state index >= 15 is 0 Å². The molecule has 15 heavy (non-hydrogen) atoms. The maximum atomic E-state index is 6.01. The first kappa shape index (κ1) is 9.49. The van der Waals surface area contributed by atoms with Crippen molar-refractivity contribution < 1.29 is 4.74 Å². The van der Waals surface area contributed by atoms with Crippen molar-refractivity contribution in [3.63, 3.8) is 0 Å². The molecule has 0 bridgehead atoms. The Morgan fingerprint density at radius 1 is 1.27 bits per heavy atom. The molecule has 0 amide bonds. The molecule has 2 aliphatic rings. The molecule has 1 aliphatic carbocycles. The summed E-state index contributed by atoms with van der Waals surface area (Å²) in [4.78, 5) is 0. The lowest BCUT2D eigenvalue weighted by Crippen LogP contribution is -2.28. The number of nitrogens with one attached hydrogen (secondary N) is 1. The molecule has 3 rings (SSSR count). The van der Waals surface area contributed by atoms with Crippen LogP contribution in [-0.4, -0.2) is 12.6 Å². The van der Waals surface area contributed by atoms with Crippen molar-refractivity contribution in [1.29, 1.82) is 0 Å². The summed E-state index contributed by atoms with van der Waals surface area (Å²) in [5, 5.41) is 4.43. The third-order valence-corrected chi connectivity index (χ3v) is 3.26. The van der Waals surface area contributed by atoms with E-state index in [-0.39, 0.29) is 0 Å². The molecule has 1 aromatic carbocycles. The van der Waals surface area contributed by atoms with E-state index in [4.69, 9.17) is 16.3 Å². The van der Waals surface area contributed by atoms with Crippen LogP contribution in [0.15, 0.2) is 18.2 Å². The Morgan fingerprint density at radius 2 is 2.13 bits per heavy atom. The quantitative estimate of drug-likeness (QED) is 0.833. The van der Waals surface area contributed by atoms with Gasteiger partial charge in [-0.15, -0.1) is 0 Å². The third-order valence-electron chi connectivity index (χ3n) is 3.03. The van der Waals surface area contributed by atoms with Crippen molar-refractivity contribution in [1.82, 2.24) is 5.32 Å². The number of rotatable bonds is 2. The van der Waals surface area contributed by atoms with Gasteiger partial charge in [-0.1, -0.05) is 11.6 Å². The summed E-state index contributed by atoms with van der Waals surface area (Å²) >= 11 is 6.01. The Bertz CT molecular complexity index is 376. The molecule has 2 nitrogen and oxygen atoms in total. The molecular formula is C12H14ClNO. The van der Waals surface area contributed by atoms with E-state index in [2.05, 4.69) is 5.32 Å². The van der Waals surface area contributed by atoms with Crippen LogP contribution in [0.25, 0.3) is 0 Å². The summed E-state index contributed by atoms with van der Waals surface area (Å²) in [6.45, 7) is 0.805. The van der Waals surface area contributed by atoms with Crippen molar-refractivity contribution in [2.75, 3.05) is 6.61 Å². The van der Waals surface area contributed by atoms with Crippen LogP contribution in [0.1, 0.15) is 30.9 Å². The molecule has 80 valence electrons. The highest BCUT2D eigenvalue weighted by Crippen LogP contribution is 2.36. The summed E-state index contributed by atoms with van der Waals surface area (Å²) in [7, 11) is 0. The van der Waals surface area contributed by atoms with E-state index < -0.39 is 0 Å². The predicted molar refractivity (Wildman–Crippen MR) is 60.5 cm³/mol. The molecule has 1 heterocycles. The minimum atomic E-state index is 0.431. The standard InChI is InChI=1S/C12H14ClNO/c13-8-1-4-12-10(7-8)11(5-6-15-12)14-9-2-3-9/h1,4,7,9,11,14H,2-3,5-6H2. The topological polar surface area (TPSA) is 21.3 Å². The number of halogens is 1. The van der Waals surface area contributed by atoms with Crippen LogP contribution in [0.2, 0.25) is 5.02 Å². The number of fused-ring (bicyclic) bond motifs is 1. The Labute approximate surface area is 94.6 Å². The first-order valence-corrected chi connectivity index (χ1v) is 5.89. The number of hydrogen-bond donors (Lipinski definition) is 1. The van der Waals surface area contributed by atoms with E-state index in [1.54, 1.807) is 0 Å². The molecule has 3 heteroatoms. The first-order valence-electron chi connectivity index (χ1n) is 5.51. The second kappa shape index (κ2) is 3.69. The van der Waals surface area contributed by atoms with Gasteiger partial charge in [0, 0.05) is 29.1 Å². The second-order valence-corrected chi connectivity index (χ2v) is 4.75. The van der Waals surface area contributed by atoms with E-state index in [0.717, 1.165) is 29.8 Å². The summed E-state index contributed by atoms with van der Waals surface area (Å²) < 4.78 is 5.61. The van der Waals surface area contributed by atoms with Crippen molar-refractivity contribution in [2.24, 2.45) is 0 Å². The van der Waals surface area contributed by atoms with Gasteiger partial charge in [-0.3, -0.25) is 0 Å². The Hall–Kier alpha value is -0.730. The molecule has 1 saturated carbocycles. The zero-order valence-electron chi connectivity index (χ0n) is 8.50. The van der Waals surface area contributed by atoms with Gasteiger partial charge in [0.25, 0.3) is 0 Å². The lowest BCUT2D eigenvalue weighted by molar-refractivity contribution is 0.252. The highest BCUT2D eigenvalue weighted by Gasteiger charge is 2.28. The van der Waals surface area contributed by atoms with Crippen molar-refractivity contribution in [2.45, 2.75) is 31.3 Å². The van der Waals surface area contributed by atoms with Crippen LogP contribution >= 0.6 is 11.6 Å². The lowest BCUT2D eigenvalue weighted by Gasteiger charge is -2.27. The fourth-order valence-corrected chi connectivity index (χ4v) is 2.25. The summed E-state index contributed by atoms with van der Waals surface area (Å²) in [6.07, 6.45) is 3.67. The largest absolute Gasteiger partial charge is 0.493 e. The summed E-state index contributed by atoms with van der Waals surface area (Å²) in [5.74, 6) is 0.990. The van der Waals surface area contributed by atoms with Crippen molar-refractivity contribution in [3.8, 4) is 5.75 Å². The van der Waals surface area contributed by atoms with E-state index in [0.29, 0.717) is 6.04 Å². The third kappa shape index (κ3) is 1.97. The molecule has 1 fully saturated rings. The number of ether oxygens (including phenoxy) is 1. The molecule has 1 N–H and O–H groups in total. The molecular weight excluding hydrogens is 210 g/mol. The molecule has 0 aromatic heterocycles. The molecule has 1 aliphatic heterocycles. The Balaban J connectivity index is 1.89. The Kier molecular flexibility index (Phi) is 2.33. The van der Waals surface area contributed by atoms with Gasteiger partial charge in [0.2, 0.25) is 0 Å². The van der Waals surface area contributed by atoms with Gasteiger partial charge in [0.15, 0.2) is 0 Å². The van der Waals surface area contributed by atoms with E-state index in [1.165, 1.54) is 18.4 Å². The lowest BCUT2D eigenvalue weighted by atomic mass is 10.0. The van der Waals surface area contributed by atoms with Gasteiger partial charge < -0.3 is 10.1 Å². The summed E-state index contributed by atoms with van der Waals surface area (Å²) in [5.41, 5.74) is 1.22. The number of hydrogen-bond acceptors (Lipinski definition) is 2. The van der Waals surface area contributed by atoms with Gasteiger partial charge in [-0.25, -0.2) is 0 Å². The average molecular weight is 224 g/mol. The van der Waals surface area contributed by atoms with Crippen LogP contribution in [0, 0.1) is 0 Å². The second-order valence-electron chi connectivity index (χ2n) is 4.31. The fraction of sp³-hybridized carbons (Fsp3) is 0.500. The van der Waals surface area contributed by atoms with Crippen molar-refractivity contribution >= 4 is 11.6 Å². The van der Waals surface area contributed by atoms with Crippen LogP contribution in [0.4, 0.5) is 0 Å². The first-order chi connectivity index (χ1) is 7.33. The minimum absolute atomic E-state index is 0.431. The van der Waals surface area contributed by atoms with Gasteiger partial charge >= 0.3 is 0 Å². The molecule has 1 unspecified atom stereocenters. The monoisotopic (exact) mass is 223 g/mol. The predicted octanol–water partition coefficient (Wildman–Crippen LogP) is 2.92. The average Bonchev–Trinajstić information content (AvgIpc) is 3.03. The number of benzene rings is 1. The van der Waals surface area contributed by atoms with Crippen LogP contribution in [-0.2, 0) is 0 Å². The smallest absolute Gasteiger partial charge is 0.124 e. The zero-order valence-corrected chi connectivity index (χ0v) is 9.26. The normalized spacial score (nSPS) is 24.5. The molecule has 0 radical (unpaired) electrons. The van der Waals surface area contributed by atoms with Gasteiger partial charge in [0.1, 0.15) is 5.75 Å². The van der Waals surface area contributed by atoms with Crippen LogP contribution < -0.4 is 10.1 Å². The molecule has 1 atom stereocenters. The Morgan fingerprint density at radius 3 is 2.93 bits per heavy atom.